The highest BCUT2D eigenvalue weighted by Crippen LogP contribution is 2.13. The van der Waals surface area contributed by atoms with Crippen molar-refractivity contribution in [2.75, 3.05) is 30.9 Å². The molecule has 1 amide bonds. The first-order chi connectivity index (χ1) is 9.24. The summed E-state index contributed by atoms with van der Waals surface area (Å²) in [6.07, 6.45) is 2.69. The molecule has 1 fully saturated rings. The molecular formula is C14H20N2O3. The molecule has 0 aromatic heterocycles. The van der Waals surface area contributed by atoms with E-state index in [2.05, 4.69) is 5.32 Å². The van der Waals surface area contributed by atoms with Crippen molar-refractivity contribution < 1.29 is 14.3 Å². The summed E-state index contributed by atoms with van der Waals surface area (Å²) in [5.41, 5.74) is 6.98. The first-order valence-corrected chi connectivity index (χ1v) is 6.59. The van der Waals surface area contributed by atoms with Crippen LogP contribution in [0.2, 0.25) is 0 Å². The molecule has 1 aromatic rings. The van der Waals surface area contributed by atoms with Gasteiger partial charge in [-0.2, -0.15) is 0 Å². The van der Waals surface area contributed by atoms with Crippen LogP contribution in [0.15, 0.2) is 24.3 Å². The van der Waals surface area contributed by atoms with Crippen LogP contribution >= 0.6 is 0 Å². The van der Waals surface area contributed by atoms with Gasteiger partial charge < -0.3 is 20.5 Å². The van der Waals surface area contributed by atoms with E-state index in [4.69, 9.17) is 15.2 Å². The zero-order valence-corrected chi connectivity index (χ0v) is 10.9. The number of nitrogen functional groups attached to an aromatic ring is 1. The van der Waals surface area contributed by atoms with Crippen molar-refractivity contribution >= 4 is 17.3 Å². The molecule has 1 aromatic carbocycles. The maximum Gasteiger partial charge on any atom is 0.226 e. The Balaban J connectivity index is 1.61. The van der Waals surface area contributed by atoms with Crippen LogP contribution in [0.3, 0.4) is 0 Å². The number of hydrogen-bond acceptors (Lipinski definition) is 4. The first kappa shape index (κ1) is 13.8. The van der Waals surface area contributed by atoms with Crippen LogP contribution in [0.1, 0.15) is 19.3 Å². The van der Waals surface area contributed by atoms with Crippen LogP contribution in [0.5, 0.6) is 0 Å². The molecule has 104 valence electrons. The molecule has 0 radical (unpaired) electrons. The van der Waals surface area contributed by atoms with Crippen LogP contribution in [0, 0.1) is 0 Å². The van der Waals surface area contributed by atoms with Gasteiger partial charge in [0.05, 0.1) is 25.7 Å². The molecule has 0 spiro atoms. The molecule has 3 N–H and O–H groups in total. The largest absolute Gasteiger partial charge is 0.399 e. The smallest absolute Gasteiger partial charge is 0.226 e. The second-order valence-electron chi connectivity index (χ2n) is 4.63. The van der Waals surface area contributed by atoms with Crippen molar-refractivity contribution in [1.82, 2.24) is 0 Å². The van der Waals surface area contributed by atoms with Crippen molar-refractivity contribution in [3.8, 4) is 0 Å². The summed E-state index contributed by atoms with van der Waals surface area (Å²) >= 11 is 0. The second-order valence-corrected chi connectivity index (χ2v) is 4.63. The number of anilines is 2. The average molecular weight is 264 g/mol. The third-order valence-electron chi connectivity index (χ3n) is 2.97. The van der Waals surface area contributed by atoms with Crippen molar-refractivity contribution in [2.45, 2.75) is 25.4 Å². The maximum atomic E-state index is 11.7. The molecule has 19 heavy (non-hydrogen) atoms. The summed E-state index contributed by atoms with van der Waals surface area (Å²) in [7, 11) is 0. The van der Waals surface area contributed by atoms with E-state index in [-0.39, 0.29) is 12.0 Å². The number of rotatable bonds is 6. The molecule has 0 bridgehead atoms. The summed E-state index contributed by atoms with van der Waals surface area (Å²) in [5, 5.41) is 2.78. The monoisotopic (exact) mass is 264 g/mol. The van der Waals surface area contributed by atoms with Gasteiger partial charge in [0.1, 0.15) is 0 Å². The summed E-state index contributed by atoms with van der Waals surface area (Å²) < 4.78 is 10.9. The summed E-state index contributed by atoms with van der Waals surface area (Å²) in [6, 6.07) is 7.12. The molecule has 0 saturated carbocycles. The van der Waals surface area contributed by atoms with Crippen LogP contribution in [-0.2, 0) is 14.3 Å². The third-order valence-corrected chi connectivity index (χ3v) is 2.97. The Morgan fingerprint density at radius 1 is 1.53 bits per heavy atom. The van der Waals surface area contributed by atoms with Gasteiger partial charge >= 0.3 is 0 Å². The van der Waals surface area contributed by atoms with Crippen LogP contribution in [0.4, 0.5) is 11.4 Å². The highest BCUT2D eigenvalue weighted by atomic mass is 16.5. The summed E-state index contributed by atoms with van der Waals surface area (Å²) in [4.78, 5) is 11.7. The lowest BCUT2D eigenvalue weighted by atomic mass is 10.2. The topological polar surface area (TPSA) is 73.6 Å². The lowest BCUT2D eigenvalue weighted by Gasteiger charge is -2.10. The van der Waals surface area contributed by atoms with E-state index in [1.807, 2.05) is 6.07 Å². The quantitative estimate of drug-likeness (QED) is 0.607. The Labute approximate surface area is 113 Å². The van der Waals surface area contributed by atoms with Gasteiger partial charge in [0.15, 0.2) is 0 Å². The van der Waals surface area contributed by atoms with E-state index in [1.54, 1.807) is 18.2 Å². The van der Waals surface area contributed by atoms with Crippen LogP contribution < -0.4 is 11.1 Å². The predicted octanol–water partition coefficient (Wildman–Crippen LogP) is 1.79. The lowest BCUT2D eigenvalue weighted by Crippen LogP contribution is -2.18. The van der Waals surface area contributed by atoms with Gasteiger partial charge in [-0.15, -0.1) is 0 Å². The number of benzene rings is 1. The fourth-order valence-electron chi connectivity index (χ4n) is 2.00. The SMILES string of the molecule is Nc1cccc(NC(=O)CCOCC2CCCO2)c1. The number of ether oxygens (including phenoxy) is 2. The van der Waals surface area contributed by atoms with Gasteiger partial charge in [0.2, 0.25) is 5.91 Å². The van der Waals surface area contributed by atoms with E-state index in [0.29, 0.717) is 31.0 Å². The van der Waals surface area contributed by atoms with Gasteiger partial charge in [-0.1, -0.05) is 6.07 Å². The molecule has 5 heteroatoms. The summed E-state index contributed by atoms with van der Waals surface area (Å²) in [5.74, 6) is -0.0714. The molecule has 1 saturated heterocycles. The molecule has 1 heterocycles. The van der Waals surface area contributed by atoms with Gasteiger partial charge in [0.25, 0.3) is 0 Å². The van der Waals surface area contributed by atoms with Crippen molar-refractivity contribution in [3.63, 3.8) is 0 Å². The predicted molar refractivity (Wildman–Crippen MR) is 73.9 cm³/mol. The molecule has 1 unspecified atom stereocenters. The first-order valence-electron chi connectivity index (χ1n) is 6.59. The number of nitrogens with two attached hydrogens (primary N) is 1. The Morgan fingerprint density at radius 2 is 2.42 bits per heavy atom. The minimum Gasteiger partial charge on any atom is -0.399 e. The van der Waals surface area contributed by atoms with Gasteiger partial charge in [-0.05, 0) is 31.0 Å². The Kier molecular flexibility index (Phi) is 5.18. The molecule has 5 nitrogen and oxygen atoms in total. The number of amides is 1. The molecule has 2 rings (SSSR count). The highest BCUT2D eigenvalue weighted by molar-refractivity contribution is 5.91. The third kappa shape index (κ3) is 4.89. The number of carbonyl (C=O) groups is 1. The minimum atomic E-state index is -0.0714. The van der Waals surface area contributed by atoms with Crippen molar-refractivity contribution in [3.05, 3.63) is 24.3 Å². The van der Waals surface area contributed by atoms with E-state index in [9.17, 15) is 4.79 Å². The molecule has 1 aliphatic heterocycles. The van der Waals surface area contributed by atoms with Gasteiger partial charge in [0, 0.05) is 18.0 Å². The molecule has 1 atom stereocenters. The van der Waals surface area contributed by atoms with Crippen LogP contribution in [-0.4, -0.2) is 31.8 Å². The Morgan fingerprint density at radius 3 is 3.16 bits per heavy atom. The van der Waals surface area contributed by atoms with Crippen molar-refractivity contribution in [1.29, 1.82) is 0 Å². The standard InChI is InChI=1S/C14H20N2O3/c15-11-3-1-4-12(9-11)16-14(17)6-8-18-10-13-5-2-7-19-13/h1,3-4,9,13H,2,5-8,10,15H2,(H,16,17). The Bertz CT molecular complexity index is 417. The van der Waals surface area contributed by atoms with E-state index in [1.165, 1.54) is 0 Å². The fraction of sp³-hybridized carbons (Fsp3) is 0.500. The number of carbonyl (C=O) groups excluding carboxylic acids is 1. The van der Waals surface area contributed by atoms with E-state index >= 15 is 0 Å². The molecular weight excluding hydrogens is 244 g/mol. The van der Waals surface area contributed by atoms with Crippen LogP contribution in [0.25, 0.3) is 0 Å². The normalized spacial score (nSPS) is 18.4. The number of nitrogens with one attached hydrogen (secondary N) is 1. The fourth-order valence-corrected chi connectivity index (χ4v) is 2.00. The Hall–Kier alpha value is -1.59. The lowest BCUT2D eigenvalue weighted by molar-refractivity contribution is -0.117. The molecule has 1 aliphatic rings. The van der Waals surface area contributed by atoms with Gasteiger partial charge in [-0.3, -0.25) is 4.79 Å². The zero-order valence-electron chi connectivity index (χ0n) is 10.9. The van der Waals surface area contributed by atoms with E-state index in [0.717, 1.165) is 19.4 Å². The second kappa shape index (κ2) is 7.11. The minimum absolute atomic E-state index is 0.0714. The molecule has 0 aliphatic carbocycles. The highest BCUT2D eigenvalue weighted by Gasteiger charge is 2.15. The summed E-state index contributed by atoms with van der Waals surface area (Å²) in [6.45, 7) is 1.81. The van der Waals surface area contributed by atoms with Gasteiger partial charge in [-0.25, -0.2) is 0 Å². The average Bonchev–Trinajstić information content (AvgIpc) is 2.88. The van der Waals surface area contributed by atoms with Crippen molar-refractivity contribution in [2.24, 2.45) is 0 Å². The zero-order chi connectivity index (χ0) is 13.5. The maximum absolute atomic E-state index is 11.7. The van der Waals surface area contributed by atoms with E-state index < -0.39 is 0 Å². The number of hydrogen-bond donors (Lipinski definition) is 2.